The van der Waals surface area contributed by atoms with E-state index in [1.807, 2.05) is 30.5 Å². The first-order valence-electron chi connectivity index (χ1n) is 13.6. The Balaban J connectivity index is 1.62. The minimum absolute atomic E-state index is 0.114. The van der Waals surface area contributed by atoms with E-state index in [9.17, 15) is 14.7 Å². The van der Waals surface area contributed by atoms with E-state index in [0.717, 1.165) is 38.9 Å². The van der Waals surface area contributed by atoms with Crippen LogP contribution in [0.1, 0.15) is 60.8 Å². The summed E-state index contributed by atoms with van der Waals surface area (Å²) in [6.45, 7) is 9.45. The maximum atomic E-state index is 13.5. The van der Waals surface area contributed by atoms with E-state index < -0.39 is 17.7 Å². The molecule has 1 N–H and O–H groups in total. The van der Waals surface area contributed by atoms with Crippen molar-refractivity contribution in [2.24, 2.45) is 0 Å². The molecule has 1 unspecified atom stereocenters. The third-order valence-corrected chi connectivity index (χ3v) is 7.73. The Kier molecular flexibility index (Phi) is 10.2. The van der Waals surface area contributed by atoms with E-state index in [-0.39, 0.29) is 11.4 Å². The Labute approximate surface area is 228 Å². The van der Waals surface area contributed by atoms with Crippen LogP contribution >= 0.6 is 11.3 Å². The molecule has 2 aromatic rings. The summed E-state index contributed by atoms with van der Waals surface area (Å²) in [6, 6.07) is 8.34. The second-order valence-electron chi connectivity index (χ2n) is 9.47. The lowest BCUT2D eigenvalue weighted by Gasteiger charge is -2.30. The minimum atomic E-state index is -0.713. The van der Waals surface area contributed by atoms with Gasteiger partial charge in [-0.25, -0.2) is 0 Å². The fraction of sp³-hybridized carbons (Fsp3) is 0.517. The smallest absolute Gasteiger partial charge is 0.290 e. The SMILES string of the molecule is CCCCCOc1ccc(C2C(C(=O)c3cccs3)=C(O)C(=O)N2CCCN2CCOCC2)cc1OCC. The van der Waals surface area contributed by atoms with Crippen molar-refractivity contribution in [2.45, 2.75) is 45.6 Å². The highest BCUT2D eigenvalue weighted by molar-refractivity contribution is 7.12. The number of carbonyl (C=O) groups is 2. The van der Waals surface area contributed by atoms with Gasteiger partial charge in [-0.05, 0) is 48.9 Å². The second kappa shape index (κ2) is 13.8. The van der Waals surface area contributed by atoms with Crippen LogP contribution in [0, 0.1) is 0 Å². The summed E-state index contributed by atoms with van der Waals surface area (Å²) in [5, 5.41) is 12.8. The molecule has 0 radical (unpaired) electrons. The number of ether oxygens (including phenoxy) is 3. The zero-order valence-electron chi connectivity index (χ0n) is 22.3. The normalized spacial score (nSPS) is 18.3. The van der Waals surface area contributed by atoms with Crippen LogP contribution in [0.2, 0.25) is 0 Å². The summed E-state index contributed by atoms with van der Waals surface area (Å²) in [5.41, 5.74) is 0.820. The minimum Gasteiger partial charge on any atom is -0.503 e. The van der Waals surface area contributed by atoms with Gasteiger partial charge in [-0.2, -0.15) is 0 Å². The molecule has 0 spiro atoms. The molecule has 2 aliphatic rings. The predicted octanol–water partition coefficient (Wildman–Crippen LogP) is 5.02. The highest BCUT2D eigenvalue weighted by atomic mass is 32.1. The van der Waals surface area contributed by atoms with Crippen LogP contribution < -0.4 is 9.47 Å². The van der Waals surface area contributed by atoms with Gasteiger partial charge in [-0.3, -0.25) is 14.5 Å². The topological polar surface area (TPSA) is 88.5 Å². The van der Waals surface area contributed by atoms with E-state index in [1.54, 1.807) is 17.0 Å². The van der Waals surface area contributed by atoms with Gasteiger partial charge in [-0.15, -0.1) is 11.3 Å². The Morgan fingerprint density at radius 1 is 1.08 bits per heavy atom. The quantitative estimate of drug-likeness (QED) is 0.265. The van der Waals surface area contributed by atoms with Gasteiger partial charge in [0, 0.05) is 26.2 Å². The van der Waals surface area contributed by atoms with Gasteiger partial charge in [0.05, 0.1) is 42.9 Å². The molecule has 1 saturated heterocycles. The molecule has 0 bridgehead atoms. The number of morpholine rings is 1. The van der Waals surface area contributed by atoms with Crippen molar-refractivity contribution in [2.75, 3.05) is 52.6 Å². The number of Topliss-reactive ketones (excluding diaryl/α,β-unsaturated/α-hetero) is 1. The van der Waals surface area contributed by atoms with Crippen molar-refractivity contribution in [3.05, 3.63) is 57.5 Å². The molecular weight excluding hydrogens is 504 g/mol. The van der Waals surface area contributed by atoms with Gasteiger partial charge in [0.1, 0.15) is 0 Å². The summed E-state index contributed by atoms with van der Waals surface area (Å²) < 4.78 is 17.3. The first kappa shape index (κ1) is 28.1. The maximum absolute atomic E-state index is 13.5. The maximum Gasteiger partial charge on any atom is 0.290 e. The van der Waals surface area contributed by atoms with Crippen LogP contribution in [0.4, 0.5) is 0 Å². The van der Waals surface area contributed by atoms with Crippen molar-refractivity contribution < 1.29 is 28.9 Å². The number of thiophene rings is 1. The molecule has 1 aromatic carbocycles. The molecule has 1 atom stereocenters. The highest BCUT2D eigenvalue weighted by Gasteiger charge is 2.44. The van der Waals surface area contributed by atoms with Crippen molar-refractivity contribution in [1.82, 2.24) is 9.80 Å². The average molecular weight is 543 g/mol. The van der Waals surface area contributed by atoms with Crippen molar-refractivity contribution >= 4 is 23.0 Å². The number of rotatable bonds is 14. The van der Waals surface area contributed by atoms with Crippen LogP contribution in [-0.2, 0) is 9.53 Å². The third-order valence-electron chi connectivity index (χ3n) is 6.86. The molecule has 4 rings (SSSR count). The number of hydrogen-bond donors (Lipinski definition) is 1. The van der Waals surface area contributed by atoms with E-state index in [4.69, 9.17) is 14.2 Å². The zero-order chi connectivity index (χ0) is 26.9. The number of aliphatic hydroxyl groups excluding tert-OH is 1. The van der Waals surface area contributed by atoms with E-state index in [0.29, 0.717) is 61.3 Å². The Morgan fingerprint density at radius 2 is 1.89 bits per heavy atom. The number of aliphatic hydroxyl groups is 1. The molecular formula is C29H38N2O6S. The van der Waals surface area contributed by atoms with Gasteiger partial charge in [0.2, 0.25) is 5.78 Å². The predicted molar refractivity (Wildman–Crippen MR) is 147 cm³/mol. The summed E-state index contributed by atoms with van der Waals surface area (Å²) in [6.07, 6.45) is 3.86. The van der Waals surface area contributed by atoms with E-state index in [2.05, 4.69) is 11.8 Å². The molecule has 8 nitrogen and oxygen atoms in total. The van der Waals surface area contributed by atoms with Crippen molar-refractivity contribution in [1.29, 1.82) is 0 Å². The first-order chi connectivity index (χ1) is 18.5. The Hall–Kier alpha value is -2.88. The molecule has 9 heteroatoms. The molecule has 0 saturated carbocycles. The van der Waals surface area contributed by atoms with Gasteiger partial charge < -0.3 is 24.2 Å². The number of carbonyl (C=O) groups excluding carboxylic acids is 2. The summed E-state index contributed by atoms with van der Waals surface area (Å²) in [4.78, 5) is 31.3. The molecule has 2 aliphatic heterocycles. The van der Waals surface area contributed by atoms with E-state index >= 15 is 0 Å². The molecule has 1 amide bonds. The second-order valence-corrected chi connectivity index (χ2v) is 10.4. The number of nitrogens with zero attached hydrogens (tertiary/aromatic N) is 2. The molecule has 0 aliphatic carbocycles. The molecule has 3 heterocycles. The van der Waals surface area contributed by atoms with Crippen LogP contribution in [0.15, 0.2) is 47.0 Å². The molecule has 1 aromatic heterocycles. The Bertz CT molecular complexity index is 1110. The number of benzene rings is 1. The molecule has 1 fully saturated rings. The number of unbranched alkanes of at least 4 members (excludes halogenated alkanes) is 2. The highest BCUT2D eigenvalue weighted by Crippen LogP contribution is 2.42. The monoisotopic (exact) mass is 542 g/mol. The van der Waals surface area contributed by atoms with Crippen LogP contribution in [0.25, 0.3) is 0 Å². The number of ketones is 1. The fourth-order valence-corrected chi connectivity index (χ4v) is 5.59. The first-order valence-corrected chi connectivity index (χ1v) is 14.4. The van der Waals surface area contributed by atoms with Gasteiger partial charge in [0.25, 0.3) is 5.91 Å². The van der Waals surface area contributed by atoms with Crippen LogP contribution in [-0.4, -0.2) is 79.2 Å². The van der Waals surface area contributed by atoms with Crippen LogP contribution in [0.5, 0.6) is 11.5 Å². The summed E-state index contributed by atoms with van der Waals surface area (Å²) >= 11 is 1.30. The third kappa shape index (κ3) is 6.57. The average Bonchev–Trinajstić information content (AvgIpc) is 3.56. The van der Waals surface area contributed by atoms with Gasteiger partial charge in [0.15, 0.2) is 17.3 Å². The standard InChI is InChI=1S/C29H38N2O6S/c1-3-5-6-16-37-22-11-10-21(20-23(22)36-4-2)26-25(27(32)24-9-7-19-38-24)28(33)29(34)31(26)13-8-12-30-14-17-35-18-15-30/h7,9-11,19-20,26,33H,3-6,8,12-18H2,1-2H3. The Morgan fingerprint density at radius 3 is 2.61 bits per heavy atom. The lowest BCUT2D eigenvalue weighted by atomic mass is 9.95. The van der Waals surface area contributed by atoms with Crippen molar-refractivity contribution in [3.63, 3.8) is 0 Å². The van der Waals surface area contributed by atoms with Gasteiger partial charge >= 0.3 is 0 Å². The molecule has 206 valence electrons. The molecule has 38 heavy (non-hydrogen) atoms. The van der Waals surface area contributed by atoms with Gasteiger partial charge in [-0.1, -0.05) is 31.9 Å². The lowest BCUT2D eigenvalue weighted by molar-refractivity contribution is -0.129. The number of amides is 1. The summed E-state index contributed by atoms with van der Waals surface area (Å²) in [5.74, 6) is -0.123. The van der Waals surface area contributed by atoms with Crippen molar-refractivity contribution in [3.8, 4) is 11.5 Å². The largest absolute Gasteiger partial charge is 0.503 e. The fourth-order valence-electron chi connectivity index (χ4n) is 4.91. The number of hydrogen-bond acceptors (Lipinski definition) is 8. The van der Waals surface area contributed by atoms with E-state index in [1.165, 1.54) is 11.3 Å². The van der Waals surface area contributed by atoms with Crippen LogP contribution in [0.3, 0.4) is 0 Å². The summed E-state index contributed by atoms with van der Waals surface area (Å²) in [7, 11) is 0. The zero-order valence-corrected chi connectivity index (χ0v) is 23.1. The lowest BCUT2D eigenvalue weighted by Crippen LogP contribution is -2.39.